The van der Waals surface area contributed by atoms with Crippen LogP contribution in [0.2, 0.25) is 0 Å². The average molecular weight is 605 g/mol. The Morgan fingerprint density at radius 3 is 2.64 bits per heavy atom. The third-order valence-corrected chi connectivity index (χ3v) is 8.20. The second-order valence-electron chi connectivity index (χ2n) is 12.3. The predicted octanol–water partition coefficient (Wildman–Crippen LogP) is 2.23. The topological polar surface area (TPSA) is 163 Å². The van der Waals surface area contributed by atoms with E-state index in [1.54, 1.807) is 32.9 Å². The summed E-state index contributed by atoms with van der Waals surface area (Å²) in [6.45, 7) is 5.55. The maximum absolute atomic E-state index is 14.3. The van der Waals surface area contributed by atoms with Crippen molar-refractivity contribution in [2.45, 2.75) is 70.1 Å². The van der Waals surface area contributed by atoms with E-state index in [0.717, 1.165) is 5.56 Å². The van der Waals surface area contributed by atoms with Gasteiger partial charge in [0.2, 0.25) is 17.4 Å². The summed E-state index contributed by atoms with van der Waals surface area (Å²) in [4.78, 5) is 60.7. The predicted molar refractivity (Wildman–Crippen MR) is 156 cm³/mol. The smallest absolute Gasteiger partial charge is 0.407 e. The van der Waals surface area contributed by atoms with E-state index in [4.69, 9.17) is 14.2 Å². The molecular formula is C31H36N6O7. The van der Waals surface area contributed by atoms with Crippen molar-refractivity contribution in [1.29, 1.82) is 5.26 Å². The number of nitriles is 1. The number of rotatable bonds is 6. The van der Waals surface area contributed by atoms with Crippen molar-refractivity contribution in [3.63, 3.8) is 0 Å². The van der Waals surface area contributed by atoms with E-state index in [1.807, 2.05) is 30.3 Å². The highest BCUT2D eigenvalue weighted by Gasteiger charge is 2.57. The highest BCUT2D eigenvalue weighted by molar-refractivity contribution is 6.01. The zero-order chi connectivity index (χ0) is 31.6. The van der Waals surface area contributed by atoms with Gasteiger partial charge in [0.25, 0.3) is 5.91 Å². The molecule has 2 N–H and O–H groups in total. The van der Waals surface area contributed by atoms with Crippen LogP contribution in [0.5, 0.6) is 5.75 Å². The zero-order valence-electron chi connectivity index (χ0n) is 25.1. The number of nitrogens with one attached hydrogen (secondary N) is 2. The fraction of sp³-hybridized carbons (Fsp3) is 0.484. The van der Waals surface area contributed by atoms with Crippen LogP contribution in [0.25, 0.3) is 0 Å². The van der Waals surface area contributed by atoms with Crippen LogP contribution in [0.3, 0.4) is 0 Å². The summed E-state index contributed by atoms with van der Waals surface area (Å²) in [6, 6.07) is 12.0. The van der Waals surface area contributed by atoms with Crippen LogP contribution in [0.15, 0.2) is 48.7 Å². The standard InChI is InChI=1S/C31H36N6O7/c1-30(2,3)24(34-29(41)42-4)27(39)36-16-21(43-17-19-9-6-5-7-10-19)13-22(36)26(38)37-18-31(14-20(37)15-32)28(40)35-25-23(44-31)11-8-12-33-25/h5-12,20-22,24H,13-14,16-18H2,1-4H3,(H,34,41)(H,33,35,40)/t20-,21-,22-,24+,31+/m0/s1. The van der Waals surface area contributed by atoms with Gasteiger partial charge in [0.15, 0.2) is 11.6 Å². The summed E-state index contributed by atoms with van der Waals surface area (Å²) < 4.78 is 17.0. The number of carbonyl (C=O) groups excluding carboxylic acids is 4. The third-order valence-electron chi connectivity index (χ3n) is 8.20. The van der Waals surface area contributed by atoms with E-state index in [1.165, 1.54) is 23.1 Å². The number of anilines is 1. The summed E-state index contributed by atoms with van der Waals surface area (Å²) >= 11 is 0. The number of alkyl carbamates (subject to hydrolysis) is 1. The van der Waals surface area contributed by atoms with Gasteiger partial charge in [-0.25, -0.2) is 9.78 Å². The summed E-state index contributed by atoms with van der Waals surface area (Å²) in [7, 11) is 1.21. The van der Waals surface area contributed by atoms with Gasteiger partial charge in [0, 0.05) is 25.6 Å². The molecule has 2 fully saturated rings. The summed E-state index contributed by atoms with van der Waals surface area (Å²) in [5, 5.41) is 15.4. The number of aromatic nitrogens is 1. The number of fused-ring (bicyclic) bond motifs is 1. The van der Waals surface area contributed by atoms with E-state index in [-0.39, 0.29) is 38.4 Å². The highest BCUT2D eigenvalue weighted by atomic mass is 16.5. The molecule has 13 nitrogen and oxygen atoms in total. The quantitative estimate of drug-likeness (QED) is 0.503. The average Bonchev–Trinajstić information content (AvgIpc) is 3.61. The van der Waals surface area contributed by atoms with E-state index < -0.39 is 59.1 Å². The van der Waals surface area contributed by atoms with Gasteiger partial charge in [0.05, 0.1) is 32.4 Å². The highest BCUT2D eigenvalue weighted by Crippen LogP contribution is 2.40. The molecule has 1 aromatic carbocycles. The van der Waals surface area contributed by atoms with Gasteiger partial charge in [0.1, 0.15) is 18.1 Å². The lowest BCUT2D eigenvalue weighted by Gasteiger charge is -2.36. The Hall–Kier alpha value is -4.70. The SMILES string of the molecule is COC(=O)N[C@H](C(=O)N1C[C@@H](OCc2ccccc2)C[C@H]1C(=O)N1C[C@@]2(C[C@H]1C#N)Oc1cccnc1NC2=O)C(C)(C)C. The van der Waals surface area contributed by atoms with E-state index in [9.17, 15) is 24.4 Å². The van der Waals surface area contributed by atoms with Crippen LogP contribution < -0.4 is 15.4 Å². The number of benzene rings is 1. The Kier molecular flexibility index (Phi) is 8.47. The summed E-state index contributed by atoms with van der Waals surface area (Å²) in [5.74, 6) is -0.892. The van der Waals surface area contributed by atoms with Crippen LogP contribution in [0, 0.1) is 16.7 Å². The molecule has 0 unspecified atom stereocenters. The summed E-state index contributed by atoms with van der Waals surface area (Å²) in [6.07, 6.45) is 0.340. The first-order valence-corrected chi connectivity index (χ1v) is 14.4. The number of likely N-dealkylation sites (tertiary alicyclic amines) is 2. The van der Waals surface area contributed by atoms with Crippen molar-refractivity contribution in [3.8, 4) is 11.8 Å². The number of hydrogen-bond acceptors (Lipinski definition) is 9. The third kappa shape index (κ3) is 6.03. The Balaban J connectivity index is 1.42. The van der Waals surface area contributed by atoms with Crippen molar-refractivity contribution >= 4 is 29.6 Å². The van der Waals surface area contributed by atoms with Crippen LogP contribution >= 0.6 is 0 Å². The van der Waals surface area contributed by atoms with Gasteiger partial charge in [-0.15, -0.1) is 0 Å². The molecular weight excluding hydrogens is 568 g/mol. The molecule has 13 heteroatoms. The molecule has 2 aromatic rings. The van der Waals surface area contributed by atoms with Gasteiger partial charge in [-0.05, 0) is 23.1 Å². The lowest BCUT2D eigenvalue weighted by molar-refractivity contribution is -0.147. The molecule has 5 atom stereocenters. The second-order valence-corrected chi connectivity index (χ2v) is 12.3. The molecule has 4 amide bonds. The van der Waals surface area contributed by atoms with Crippen LogP contribution in [0.4, 0.5) is 10.6 Å². The lowest BCUT2D eigenvalue weighted by atomic mass is 9.85. The first-order valence-electron chi connectivity index (χ1n) is 14.4. The Bertz CT molecular complexity index is 1470. The molecule has 0 bridgehead atoms. The van der Waals surface area contributed by atoms with Crippen molar-refractivity contribution in [3.05, 3.63) is 54.2 Å². The van der Waals surface area contributed by atoms with Gasteiger partial charge in [-0.2, -0.15) is 5.26 Å². The van der Waals surface area contributed by atoms with Gasteiger partial charge < -0.3 is 34.6 Å². The minimum atomic E-state index is -1.50. The molecule has 0 aliphatic carbocycles. The normalized spacial score (nSPS) is 25.0. The van der Waals surface area contributed by atoms with Crippen molar-refractivity contribution < 1.29 is 33.4 Å². The fourth-order valence-corrected chi connectivity index (χ4v) is 5.87. The second kappa shape index (κ2) is 12.1. The summed E-state index contributed by atoms with van der Waals surface area (Å²) in [5.41, 5.74) is -1.30. The molecule has 0 radical (unpaired) electrons. The Morgan fingerprint density at radius 2 is 1.95 bits per heavy atom. The minimum Gasteiger partial charge on any atom is -0.472 e. The molecule has 232 valence electrons. The van der Waals surface area contributed by atoms with Crippen molar-refractivity contribution in [1.82, 2.24) is 20.1 Å². The van der Waals surface area contributed by atoms with Crippen LogP contribution in [-0.2, 0) is 30.5 Å². The monoisotopic (exact) mass is 604 g/mol. The van der Waals surface area contributed by atoms with Crippen molar-refractivity contribution in [2.75, 3.05) is 25.5 Å². The minimum absolute atomic E-state index is 0.0570. The van der Waals surface area contributed by atoms with Crippen molar-refractivity contribution in [2.24, 2.45) is 5.41 Å². The van der Waals surface area contributed by atoms with Crippen LogP contribution in [-0.4, -0.2) is 88.6 Å². The fourth-order valence-electron chi connectivity index (χ4n) is 5.87. The molecule has 5 rings (SSSR count). The van der Waals surface area contributed by atoms with E-state index >= 15 is 0 Å². The number of amides is 4. The number of pyridine rings is 1. The molecule has 44 heavy (non-hydrogen) atoms. The van der Waals surface area contributed by atoms with E-state index in [2.05, 4.69) is 21.7 Å². The zero-order valence-corrected chi connectivity index (χ0v) is 25.1. The Morgan fingerprint density at radius 1 is 1.20 bits per heavy atom. The first kappa shape index (κ1) is 30.7. The van der Waals surface area contributed by atoms with Gasteiger partial charge in [-0.1, -0.05) is 51.1 Å². The largest absolute Gasteiger partial charge is 0.472 e. The number of hydrogen-bond donors (Lipinski definition) is 2. The number of methoxy groups -OCH3 is 1. The molecule has 3 aliphatic rings. The van der Waals surface area contributed by atoms with Gasteiger partial charge in [-0.3, -0.25) is 14.4 Å². The molecule has 3 aliphatic heterocycles. The Labute approximate surface area is 255 Å². The number of nitrogens with zero attached hydrogens (tertiary/aromatic N) is 4. The molecule has 4 heterocycles. The maximum Gasteiger partial charge on any atom is 0.407 e. The van der Waals surface area contributed by atoms with E-state index in [0.29, 0.717) is 5.75 Å². The molecule has 2 saturated heterocycles. The maximum atomic E-state index is 14.3. The molecule has 1 aromatic heterocycles. The number of ether oxygens (including phenoxy) is 3. The molecule has 0 saturated carbocycles. The first-order chi connectivity index (χ1) is 21.0. The van der Waals surface area contributed by atoms with Crippen LogP contribution in [0.1, 0.15) is 39.2 Å². The lowest BCUT2D eigenvalue weighted by Crippen LogP contribution is -2.59. The molecule has 1 spiro atoms. The van der Waals surface area contributed by atoms with Gasteiger partial charge >= 0.3 is 6.09 Å². The number of carbonyl (C=O) groups is 4.